The van der Waals surface area contributed by atoms with Crippen LogP contribution in [0.4, 0.5) is 4.39 Å². The smallest absolute Gasteiger partial charge is 0.123 e. The van der Waals surface area contributed by atoms with Crippen molar-refractivity contribution in [3.05, 3.63) is 71.5 Å². The summed E-state index contributed by atoms with van der Waals surface area (Å²) in [6, 6.07) is 17.0. The molecule has 0 amide bonds. The number of quaternary nitrogens is 1. The summed E-state index contributed by atoms with van der Waals surface area (Å²) in [7, 11) is 0. The lowest BCUT2D eigenvalue weighted by Crippen LogP contribution is -3.13. The average Bonchev–Trinajstić information content (AvgIpc) is 2.57. The van der Waals surface area contributed by atoms with Crippen molar-refractivity contribution in [1.82, 2.24) is 5.01 Å². The number of nitrogens with one attached hydrogen (secondary N) is 1. The van der Waals surface area contributed by atoms with Gasteiger partial charge in [-0.25, -0.2) is 4.39 Å². The van der Waals surface area contributed by atoms with Crippen molar-refractivity contribution in [2.45, 2.75) is 6.54 Å². The highest BCUT2D eigenvalue weighted by Crippen LogP contribution is 2.01. The van der Waals surface area contributed by atoms with Crippen LogP contribution in [-0.4, -0.2) is 37.4 Å². The summed E-state index contributed by atoms with van der Waals surface area (Å²) >= 11 is 0. The van der Waals surface area contributed by atoms with E-state index in [0.29, 0.717) is 0 Å². The molecule has 0 aliphatic carbocycles. The lowest BCUT2D eigenvalue weighted by Gasteiger charge is -2.30. The summed E-state index contributed by atoms with van der Waals surface area (Å²) in [4.78, 5) is 1.60. The highest BCUT2D eigenvalue weighted by atomic mass is 19.1. The van der Waals surface area contributed by atoms with Crippen LogP contribution in [0.25, 0.3) is 0 Å². The van der Waals surface area contributed by atoms with E-state index >= 15 is 0 Å². The van der Waals surface area contributed by atoms with Gasteiger partial charge in [-0.1, -0.05) is 42.5 Å². The molecule has 4 heteroatoms. The van der Waals surface area contributed by atoms with E-state index in [0.717, 1.165) is 38.3 Å². The molecule has 0 bridgehead atoms. The molecular formula is C18H21FN3+. The topological polar surface area (TPSA) is 20.0 Å². The first-order valence-corrected chi connectivity index (χ1v) is 7.71. The second kappa shape index (κ2) is 7.18. The second-order valence-electron chi connectivity index (χ2n) is 5.66. The summed E-state index contributed by atoms with van der Waals surface area (Å²) in [5.41, 5.74) is 2.32. The van der Waals surface area contributed by atoms with E-state index in [-0.39, 0.29) is 5.82 Å². The maximum absolute atomic E-state index is 12.8. The molecule has 0 spiro atoms. The largest absolute Gasteiger partial charge is 0.328 e. The summed E-state index contributed by atoms with van der Waals surface area (Å²) in [5, 5.41) is 6.59. The van der Waals surface area contributed by atoms with Crippen molar-refractivity contribution >= 4 is 6.21 Å². The van der Waals surface area contributed by atoms with Crippen molar-refractivity contribution in [2.75, 3.05) is 26.2 Å². The van der Waals surface area contributed by atoms with E-state index in [1.807, 2.05) is 6.21 Å². The Morgan fingerprint density at radius 1 is 1.00 bits per heavy atom. The van der Waals surface area contributed by atoms with E-state index in [1.54, 1.807) is 17.0 Å². The van der Waals surface area contributed by atoms with Gasteiger partial charge in [0.25, 0.3) is 0 Å². The molecule has 0 saturated carbocycles. The van der Waals surface area contributed by atoms with Crippen molar-refractivity contribution in [3.63, 3.8) is 0 Å². The normalized spacial score (nSPS) is 16.3. The van der Waals surface area contributed by atoms with Gasteiger partial charge in [0, 0.05) is 5.56 Å². The quantitative estimate of drug-likeness (QED) is 0.849. The van der Waals surface area contributed by atoms with E-state index in [2.05, 4.69) is 40.4 Å². The number of nitrogens with zero attached hydrogens (tertiary/aromatic N) is 2. The molecule has 114 valence electrons. The van der Waals surface area contributed by atoms with Crippen LogP contribution in [-0.2, 0) is 6.54 Å². The molecule has 3 nitrogen and oxygen atoms in total. The number of hydrogen-bond acceptors (Lipinski definition) is 2. The number of rotatable bonds is 4. The van der Waals surface area contributed by atoms with Crippen LogP contribution >= 0.6 is 0 Å². The minimum Gasteiger partial charge on any atom is -0.328 e. The molecule has 1 aliphatic rings. The second-order valence-corrected chi connectivity index (χ2v) is 5.66. The van der Waals surface area contributed by atoms with Crippen molar-refractivity contribution < 1.29 is 9.29 Å². The third-order valence-electron chi connectivity index (χ3n) is 3.98. The molecule has 22 heavy (non-hydrogen) atoms. The Morgan fingerprint density at radius 3 is 2.36 bits per heavy atom. The van der Waals surface area contributed by atoms with E-state index in [4.69, 9.17) is 0 Å². The summed E-state index contributed by atoms with van der Waals surface area (Å²) in [6.45, 7) is 5.18. The SMILES string of the molecule is Fc1ccc(/C=N/N2CC[NH+](Cc3ccccc3)CC2)cc1. The summed E-state index contributed by atoms with van der Waals surface area (Å²) < 4.78 is 12.8. The van der Waals surface area contributed by atoms with Gasteiger partial charge in [-0.2, -0.15) is 5.10 Å². The lowest BCUT2D eigenvalue weighted by atomic mass is 10.2. The number of piperazine rings is 1. The number of benzene rings is 2. The van der Waals surface area contributed by atoms with Crippen LogP contribution in [0.5, 0.6) is 0 Å². The molecular weight excluding hydrogens is 277 g/mol. The fourth-order valence-corrected chi connectivity index (χ4v) is 2.69. The monoisotopic (exact) mass is 298 g/mol. The van der Waals surface area contributed by atoms with Crippen LogP contribution in [0, 0.1) is 5.82 Å². The molecule has 0 aromatic heterocycles. The molecule has 2 aromatic carbocycles. The third kappa shape index (κ3) is 4.15. The zero-order chi connectivity index (χ0) is 15.2. The van der Waals surface area contributed by atoms with E-state index in [1.165, 1.54) is 17.7 Å². The van der Waals surface area contributed by atoms with Gasteiger partial charge in [0.1, 0.15) is 12.4 Å². The van der Waals surface area contributed by atoms with Gasteiger partial charge in [0.05, 0.1) is 32.4 Å². The summed E-state index contributed by atoms with van der Waals surface area (Å²) in [6.07, 6.45) is 1.81. The van der Waals surface area contributed by atoms with Gasteiger partial charge < -0.3 is 4.90 Å². The Morgan fingerprint density at radius 2 is 1.68 bits per heavy atom. The first kappa shape index (κ1) is 14.7. The van der Waals surface area contributed by atoms with Crippen LogP contribution in [0.3, 0.4) is 0 Å². The molecule has 0 radical (unpaired) electrons. The molecule has 2 aromatic rings. The van der Waals surface area contributed by atoms with Crippen molar-refractivity contribution in [1.29, 1.82) is 0 Å². The molecule has 0 unspecified atom stereocenters. The Kier molecular flexibility index (Phi) is 4.81. The first-order chi connectivity index (χ1) is 10.8. The van der Waals surface area contributed by atoms with Gasteiger partial charge in [-0.05, 0) is 17.7 Å². The Bertz CT molecular complexity index is 602. The zero-order valence-corrected chi connectivity index (χ0v) is 12.6. The highest BCUT2D eigenvalue weighted by molar-refractivity contribution is 5.79. The number of hydrazone groups is 1. The fraction of sp³-hybridized carbons (Fsp3) is 0.278. The molecule has 1 fully saturated rings. The number of hydrogen-bond donors (Lipinski definition) is 1. The molecule has 1 heterocycles. The maximum atomic E-state index is 12.8. The van der Waals surface area contributed by atoms with Gasteiger partial charge in [-0.15, -0.1) is 0 Å². The first-order valence-electron chi connectivity index (χ1n) is 7.71. The van der Waals surface area contributed by atoms with Gasteiger partial charge in [0.2, 0.25) is 0 Å². The number of halogens is 1. The van der Waals surface area contributed by atoms with Crippen LogP contribution in [0.1, 0.15) is 11.1 Å². The van der Waals surface area contributed by atoms with Gasteiger partial charge >= 0.3 is 0 Å². The molecule has 3 rings (SSSR count). The molecule has 1 aliphatic heterocycles. The predicted molar refractivity (Wildman–Crippen MR) is 86.4 cm³/mol. The third-order valence-corrected chi connectivity index (χ3v) is 3.98. The fourth-order valence-electron chi connectivity index (χ4n) is 2.69. The Balaban J connectivity index is 1.48. The Labute approximate surface area is 130 Å². The van der Waals surface area contributed by atoms with Crippen LogP contribution in [0.2, 0.25) is 0 Å². The van der Waals surface area contributed by atoms with Crippen molar-refractivity contribution in [3.8, 4) is 0 Å². The highest BCUT2D eigenvalue weighted by Gasteiger charge is 2.18. The van der Waals surface area contributed by atoms with Crippen LogP contribution < -0.4 is 4.90 Å². The minimum absolute atomic E-state index is 0.213. The molecule has 1 N–H and O–H groups in total. The Hall–Kier alpha value is -2.20. The van der Waals surface area contributed by atoms with E-state index < -0.39 is 0 Å². The standard InChI is InChI=1S/C18H20FN3/c19-18-8-6-16(7-9-18)14-20-22-12-10-21(11-13-22)15-17-4-2-1-3-5-17/h1-9,14H,10-13,15H2/p+1/b20-14+. The van der Waals surface area contributed by atoms with E-state index in [9.17, 15) is 4.39 Å². The predicted octanol–water partition coefficient (Wildman–Crippen LogP) is 1.56. The molecule has 0 atom stereocenters. The lowest BCUT2D eigenvalue weighted by molar-refractivity contribution is -0.918. The van der Waals surface area contributed by atoms with Gasteiger partial charge in [-0.3, -0.25) is 5.01 Å². The zero-order valence-electron chi connectivity index (χ0n) is 12.6. The average molecular weight is 298 g/mol. The minimum atomic E-state index is -0.213. The van der Waals surface area contributed by atoms with Gasteiger partial charge in [0.15, 0.2) is 0 Å². The summed E-state index contributed by atoms with van der Waals surface area (Å²) in [5.74, 6) is -0.213. The van der Waals surface area contributed by atoms with Crippen molar-refractivity contribution in [2.24, 2.45) is 5.10 Å². The van der Waals surface area contributed by atoms with Crippen LogP contribution in [0.15, 0.2) is 59.7 Å². The molecule has 1 saturated heterocycles. The maximum Gasteiger partial charge on any atom is 0.123 e.